The third-order valence-electron chi connectivity index (χ3n) is 2.09. The number of fused-ring (bicyclic) bond motifs is 1. The minimum atomic E-state index is 0.584. The first kappa shape index (κ1) is 8.11. The summed E-state index contributed by atoms with van der Waals surface area (Å²) in [6, 6.07) is 7.39. The molecular formula is C11H7N3O. The fourth-order valence-electron chi connectivity index (χ4n) is 1.39. The van der Waals surface area contributed by atoms with Gasteiger partial charge in [0.25, 0.3) is 0 Å². The summed E-state index contributed by atoms with van der Waals surface area (Å²) in [6.45, 7) is 0. The van der Waals surface area contributed by atoms with Crippen molar-refractivity contribution in [3.8, 4) is 11.6 Å². The maximum Gasteiger partial charge on any atom is 0.196 e. The maximum atomic E-state index is 5.22. The summed E-state index contributed by atoms with van der Waals surface area (Å²) in [4.78, 5) is 12.7. The summed E-state index contributed by atoms with van der Waals surface area (Å²) in [6.07, 6.45) is 5.02. The number of nitrogens with zero attached hydrogens (tertiary/aromatic N) is 3. The van der Waals surface area contributed by atoms with Gasteiger partial charge >= 0.3 is 0 Å². The Morgan fingerprint density at radius 1 is 1.00 bits per heavy atom. The quantitative estimate of drug-likeness (QED) is 0.600. The van der Waals surface area contributed by atoms with Crippen LogP contribution in [0.25, 0.3) is 22.6 Å². The third-order valence-corrected chi connectivity index (χ3v) is 2.09. The highest BCUT2D eigenvalue weighted by Gasteiger charge is 2.04. The zero-order valence-corrected chi connectivity index (χ0v) is 7.79. The highest BCUT2D eigenvalue weighted by atomic mass is 16.3. The first-order chi connectivity index (χ1) is 7.43. The number of rotatable bonds is 1. The van der Waals surface area contributed by atoms with Gasteiger partial charge in [-0.2, -0.15) is 0 Å². The second-order valence-electron chi connectivity index (χ2n) is 3.08. The van der Waals surface area contributed by atoms with Gasteiger partial charge in [0.05, 0.1) is 18.0 Å². The Morgan fingerprint density at radius 3 is 2.87 bits per heavy atom. The summed E-state index contributed by atoms with van der Waals surface area (Å²) in [5.74, 6) is 1.25. The molecular weight excluding hydrogens is 190 g/mol. The molecule has 3 aromatic rings. The van der Waals surface area contributed by atoms with Crippen molar-refractivity contribution in [2.45, 2.75) is 0 Å². The molecule has 0 saturated heterocycles. The Labute approximate surface area is 85.6 Å². The van der Waals surface area contributed by atoms with Crippen LogP contribution >= 0.6 is 0 Å². The number of hydrogen-bond donors (Lipinski definition) is 0. The van der Waals surface area contributed by atoms with Gasteiger partial charge in [0.2, 0.25) is 0 Å². The van der Waals surface area contributed by atoms with E-state index >= 15 is 0 Å². The average molecular weight is 197 g/mol. The van der Waals surface area contributed by atoms with E-state index in [-0.39, 0.29) is 0 Å². The van der Waals surface area contributed by atoms with Gasteiger partial charge in [0, 0.05) is 6.20 Å². The summed E-state index contributed by atoms with van der Waals surface area (Å²) in [7, 11) is 0. The predicted molar refractivity (Wildman–Crippen MR) is 55.0 cm³/mol. The highest BCUT2D eigenvalue weighted by molar-refractivity contribution is 5.74. The second kappa shape index (κ2) is 3.16. The fourth-order valence-corrected chi connectivity index (χ4v) is 1.39. The first-order valence-electron chi connectivity index (χ1n) is 4.55. The molecule has 0 aromatic carbocycles. The van der Waals surface area contributed by atoms with Gasteiger partial charge in [-0.1, -0.05) is 0 Å². The minimum Gasteiger partial charge on any atom is -0.461 e. The van der Waals surface area contributed by atoms with Crippen molar-refractivity contribution < 1.29 is 4.42 Å². The van der Waals surface area contributed by atoms with Crippen molar-refractivity contribution >= 4 is 11.0 Å². The van der Waals surface area contributed by atoms with E-state index in [1.165, 1.54) is 0 Å². The van der Waals surface area contributed by atoms with E-state index in [1.54, 1.807) is 18.7 Å². The molecule has 0 N–H and O–H groups in total. The standard InChI is InChI=1S/C11H7N3O/c1-3-8-9(12-5-1)7-13-11(14-8)10-4-2-6-15-10/h1-7H. The smallest absolute Gasteiger partial charge is 0.196 e. The van der Waals surface area contributed by atoms with Crippen molar-refractivity contribution in [2.24, 2.45) is 0 Å². The van der Waals surface area contributed by atoms with Crippen molar-refractivity contribution in [3.05, 3.63) is 42.9 Å². The summed E-state index contributed by atoms with van der Waals surface area (Å²) >= 11 is 0. The normalized spacial score (nSPS) is 10.7. The van der Waals surface area contributed by atoms with Gasteiger partial charge in [-0.25, -0.2) is 9.97 Å². The number of hydrogen-bond acceptors (Lipinski definition) is 4. The number of aromatic nitrogens is 3. The third kappa shape index (κ3) is 1.36. The van der Waals surface area contributed by atoms with E-state index in [4.69, 9.17) is 4.42 Å². The van der Waals surface area contributed by atoms with Crippen LogP contribution in [0.4, 0.5) is 0 Å². The van der Waals surface area contributed by atoms with E-state index in [2.05, 4.69) is 15.0 Å². The van der Waals surface area contributed by atoms with Crippen LogP contribution in [-0.4, -0.2) is 15.0 Å². The van der Waals surface area contributed by atoms with Crippen molar-refractivity contribution in [3.63, 3.8) is 0 Å². The van der Waals surface area contributed by atoms with E-state index in [1.807, 2.05) is 24.3 Å². The molecule has 0 unspecified atom stereocenters. The molecule has 0 bridgehead atoms. The lowest BCUT2D eigenvalue weighted by atomic mass is 10.3. The molecule has 0 aliphatic heterocycles. The molecule has 0 aliphatic rings. The molecule has 3 aromatic heterocycles. The van der Waals surface area contributed by atoms with Crippen molar-refractivity contribution in [1.82, 2.24) is 15.0 Å². The van der Waals surface area contributed by atoms with Gasteiger partial charge in [0.1, 0.15) is 5.52 Å². The van der Waals surface area contributed by atoms with Crippen LogP contribution in [0.2, 0.25) is 0 Å². The summed E-state index contributed by atoms with van der Waals surface area (Å²) in [5, 5.41) is 0. The lowest BCUT2D eigenvalue weighted by Gasteiger charge is -1.97. The molecule has 0 radical (unpaired) electrons. The van der Waals surface area contributed by atoms with Crippen molar-refractivity contribution in [1.29, 1.82) is 0 Å². The zero-order chi connectivity index (χ0) is 10.1. The molecule has 3 heterocycles. The molecule has 0 aliphatic carbocycles. The summed E-state index contributed by atoms with van der Waals surface area (Å²) in [5.41, 5.74) is 1.60. The Kier molecular flexibility index (Phi) is 1.71. The Morgan fingerprint density at radius 2 is 2.00 bits per heavy atom. The van der Waals surface area contributed by atoms with Crippen LogP contribution in [0, 0.1) is 0 Å². The molecule has 0 atom stereocenters. The van der Waals surface area contributed by atoms with Gasteiger partial charge in [-0.05, 0) is 24.3 Å². The van der Waals surface area contributed by atoms with E-state index in [9.17, 15) is 0 Å². The fraction of sp³-hybridized carbons (Fsp3) is 0. The Hall–Kier alpha value is -2.23. The van der Waals surface area contributed by atoms with Gasteiger partial charge in [-0.3, -0.25) is 4.98 Å². The van der Waals surface area contributed by atoms with Crippen LogP contribution in [0.3, 0.4) is 0 Å². The first-order valence-corrected chi connectivity index (χ1v) is 4.55. The topological polar surface area (TPSA) is 51.8 Å². The van der Waals surface area contributed by atoms with Crippen LogP contribution in [0.5, 0.6) is 0 Å². The Balaban J connectivity index is 2.22. The molecule has 15 heavy (non-hydrogen) atoms. The SMILES string of the molecule is c1coc(-c2ncc3ncccc3n2)c1. The molecule has 4 nitrogen and oxygen atoms in total. The average Bonchev–Trinajstić information content (AvgIpc) is 2.82. The lowest BCUT2D eigenvalue weighted by molar-refractivity contribution is 0.577. The van der Waals surface area contributed by atoms with E-state index in [0.29, 0.717) is 11.6 Å². The Bertz CT molecular complexity index is 590. The van der Waals surface area contributed by atoms with E-state index < -0.39 is 0 Å². The molecule has 72 valence electrons. The molecule has 4 heteroatoms. The molecule has 0 fully saturated rings. The van der Waals surface area contributed by atoms with E-state index in [0.717, 1.165) is 11.0 Å². The number of furan rings is 1. The highest BCUT2D eigenvalue weighted by Crippen LogP contribution is 2.16. The van der Waals surface area contributed by atoms with Crippen LogP contribution in [0.1, 0.15) is 0 Å². The van der Waals surface area contributed by atoms with Gasteiger partial charge in [0.15, 0.2) is 11.6 Å². The largest absolute Gasteiger partial charge is 0.461 e. The maximum absolute atomic E-state index is 5.22. The van der Waals surface area contributed by atoms with Gasteiger partial charge < -0.3 is 4.42 Å². The molecule has 0 saturated carbocycles. The van der Waals surface area contributed by atoms with Crippen LogP contribution in [0.15, 0.2) is 47.3 Å². The molecule has 0 spiro atoms. The predicted octanol–water partition coefficient (Wildman–Crippen LogP) is 2.28. The number of pyridine rings is 1. The monoisotopic (exact) mass is 197 g/mol. The molecule has 3 rings (SSSR count). The van der Waals surface area contributed by atoms with Crippen molar-refractivity contribution in [2.75, 3.05) is 0 Å². The minimum absolute atomic E-state index is 0.584. The van der Waals surface area contributed by atoms with Gasteiger partial charge in [-0.15, -0.1) is 0 Å². The lowest BCUT2D eigenvalue weighted by Crippen LogP contribution is -1.89. The van der Waals surface area contributed by atoms with Crippen LogP contribution in [-0.2, 0) is 0 Å². The summed E-state index contributed by atoms with van der Waals surface area (Å²) < 4.78 is 5.22. The van der Waals surface area contributed by atoms with Crippen LogP contribution < -0.4 is 0 Å². The zero-order valence-electron chi connectivity index (χ0n) is 7.79. The second-order valence-corrected chi connectivity index (χ2v) is 3.08. The molecule has 0 amide bonds.